The number of Topliss-reactive ketones (excluding diaryl/α,β-unsaturated/α-hetero) is 1. The molecular formula is C14H20O. The third-order valence-electron chi connectivity index (χ3n) is 3.64. The normalized spacial score (nSPS) is 26.1. The Morgan fingerprint density at radius 1 is 1.47 bits per heavy atom. The lowest BCUT2D eigenvalue weighted by Crippen LogP contribution is -2.32. The van der Waals surface area contributed by atoms with Crippen molar-refractivity contribution in [1.29, 1.82) is 0 Å². The van der Waals surface area contributed by atoms with Gasteiger partial charge in [0.05, 0.1) is 0 Å². The minimum Gasteiger partial charge on any atom is -0.295 e. The van der Waals surface area contributed by atoms with E-state index in [0.717, 1.165) is 11.1 Å². The number of rotatable bonds is 2. The van der Waals surface area contributed by atoms with Crippen LogP contribution in [0.3, 0.4) is 0 Å². The molecule has 0 aromatic heterocycles. The maximum absolute atomic E-state index is 11.7. The van der Waals surface area contributed by atoms with E-state index in [2.05, 4.69) is 27.4 Å². The zero-order valence-corrected chi connectivity index (χ0v) is 10.1. The van der Waals surface area contributed by atoms with E-state index in [1.165, 1.54) is 0 Å². The number of ketones is 1. The van der Waals surface area contributed by atoms with Gasteiger partial charge in [0.15, 0.2) is 5.78 Å². The highest BCUT2D eigenvalue weighted by Gasteiger charge is 2.36. The summed E-state index contributed by atoms with van der Waals surface area (Å²) in [6, 6.07) is 0. The van der Waals surface area contributed by atoms with Crippen molar-refractivity contribution in [2.45, 2.75) is 34.1 Å². The number of hydrogen-bond acceptors (Lipinski definition) is 1. The van der Waals surface area contributed by atoms with Gasteiger partial charge in [0.1, 0.15) is 0 Å². The second-order valence-electron chi connectivity index (χ2n) is 4.88. The zero-order valence-electron chi connectivity index (χ0n) is 10.1. The lowest BCUT2D eigenvalue weighted by Gasteiger charge is -2.38. The standard InChI is InChI=1S/C14H20O/c1-6-7-8-12-11(3)13(15)9-10(2)14(12,4)5/h6-8,10H,1,9H2,2-5H3/b8-7+. The summed E-state index contributed by atoms with van der Waals surface area (Å²) in [5.41, 5.74) is 2.15. The van der Waals surface area contributed by atoms with Crippen LogP contribution < -0.4 is 0 Å². The Balaban J connectivity index is 3.24. The minimum atomic E-state index is 0.0809. The van der Waals surface area contributed by atoms with Gasteiger partial charge < -0.3 is 0 Å². The first kappa shape index (κ1) is 12.0. The molecule has 0 bridgehead atoms. The average Bonchev–Trinajstić information content (AvgIpc) is 2.15. The fourth-order valence-electron chi connectivity index (χ4n) is 2.09. The Morgan fingerprint density at radius 3 is 2.60 bits per heavy atom. The van der Waals surface area contributed by atoms with E-state index in [-0.39, 0.29) is 11.2 Å². The molecule has 0 radical (unpaired) electrons. The molecule has 0 spiro atoms. The molecule has 1 heteroatoms. The Kier molecular flexibility index (Phi) is 3.33. The van der Waals surface area contributed by atoms with Gasteiger partial charge in [-0.3, -0.25) is 4.79 Å². The van der Waals surface area contributed by atoms with Crippen LogP contribution in [0.1, 0.15) is 34.1 Å². The molecule has 0 saturated carbocycles. The number of hydrogen-bond donors (Lipinski definition) is 0. The van der Waals surface area contributed by atoms with Crippen molar-refractivity contribution in [2.75, 3.05) is 0 Å². The molecule has 0 fully saturated rings. The fourth-order valence-corrected chi connectivity index (χ4v) is 2.09. The van der Waals surface area contributed by atoms with Crippen LogP contribution in [-0.2, 0) is 4.79 Å². The van der Waals surface area contributed by atoms with Gasteiger partial charge in [0, 0.05) is 6.42 Å². The third kappa shape index (κ3) is 2.11. The van der Waals surface area contributed by atoms with Crippen LogP contribution in [0.2, 0.25) is 0 Å². The Morgan fingerprint density at radius 2 is 2.07 bits per heavy atom. The van der Waals surface area contributed by atoms with Crippen LogP contribution in [0, 0.1) is 11.3 Å². The first-order chi connectivity index (χ1) is 6.91. The fraction of sp³-hybridized carbons (Fsp3) is 0.500. The second kappa shape index (κ2) is 4.18. The summed E-state index contributed by atoms with van der Waals surface area (Å²) in [5, 5.41) is 0. The molecule has 15 heavy (non-hydrogen) atoms. The SMILES string of the molecule is C=C/C=C/C1=C(C)C(=O)CC(C)C1(C)C. The molecule has 82 valence electrons. The van der Waals surface area contributed by atoms with Crippen molar-refractivity contribution in [2.24, 2.45) is 11.3 Å². The van der Waals surface area contributed by atoms with E-state index in [9.17, 15) is 4.79 Å². The molecule has 1 aliphatic carbocycles. The first-order valence-electron chi connectivity index (χ1n) is 5.45. The lowest BCUT2D eigenvalue weighted by molar-refractivity contribution is -0.117. The smallest absolute Gasteiger partial charge is 0.159 e. The first-order valence-corrected chi connectivity index (χ1v) is 5.45. The van der Waals surface area contributed by atoms with E-state index >= 15 is 0 Å². The van der Waals surface area contributed by atoms with Gasteiger partial charge in [0.25, 0.3) is 0 Å². The molecule has 0 aromatic rings. The van der Waals surface area contributed by atoms with Gasteiger partial charge in [-0.05, 0) is 29.4 Å². The molecule has 1 nitrogen and oxygen atoms in total. The van der Waals surface area contributed by atoms with Crippen LogP contribution in [-0.4, -0.2) is 5.78 Å². The Hall–Kier alpha value is -1.11. The van der Waals surface area contributed by atoms with E-state index in [1.807, 2.05) is 19.1 Å². The van der Waals surface area contributed by atoms with Crippen LogP contribution in [0.5, 0.6) is 0 Å². The van der Waals surface area contributed by atoms with E-state index < -0.39 is 0 Å². The molecule has 0 heterocycles. The highest BCUT2D eigenvalue weighted by Crippen LogP contribution is 2.43. The summed E-state index contributed by atoms with van der Waals surface area (Å²) in [4.78, 5) is 11.7. The van der Waals surface area contributed by atoms with Crippen molar-refractivity contribution in [3.8, 4) is 0 Å². The van der Waals surface area contributed by atoms with Gasteiger partial charge in [-0.2, -0.15) is 0 Å². The zero-order chi connectivity index (χ0) is 11.6. The van der Waals surface area contributed by atoms with Crippen molar-refractivity contribution in [3.05, 3.63) is 36.0 Å². The maximum atomic E-state index is 11.7. The highest BCUT2D eigenvalue weighted by atomic mass is 16.1. The third-order valence-corrected chi connectivity index (χ3v) is 3.64. The van der Waals surface area contributed by atoms with Crippen molar-refractivity contribution < 1.29 is 4.79 Å². The molecule has 1 unspecified atom stereocenters. The Labute approximate surface area is 92.6 Å². The Bertz CT molecular complexity index is 342. The minimum absolute atomic E-state index is 0.0809. The quantitative estimate of drug-likeness (QED) is 0.627. The summed E-state index contributed by atoms with van der Waals surface area (Å²) in [5.74, 6) is 0.684. The summed E-state index contributed by atoms with van der Waals surface area (Å²) in [7, 11) is 0. The summed E-state index contributed by atoms with van der Waals surface area (Å²) < 4.78 is 0. The maximum Gasteiger partial charge on any atom is 0.159 e. The van der Waals surface area contributed by atoms with Crippen molar-refractivity contribution in [3.63, 3.8) is 0 Å². The summed E-state index contributed by atoms with van der Waals surface area (Å²) in [6.45, 7) is 12.1. The number of carbonyl (C=O) groups is 1. The molecular weight excluding hydrogens is 184 g/mol. The topological polar surface area (TPSA) is 17.1 Å². The molecule has 0 N–H and O–H groups in total. The predicted molar refractivity (Wildman–Crippen MR) is 64.6 cm³/mol. The molecule has 0 saturated heterocycles. The second-order valence-corrected chi connectivity index (χ2v) is 4.88. The van der Waals surface area contributed by atoms with Gasteiger partial charge >= 0.3 is 0 Å². The molecule has 0 aromatic carbocycles. The van der Waals surface area contributed by atoms with Crippen LogP contribution >= 0.6 is 0 Å². The number of allylic oxidation sites excluding steroid dienone is 5. The lowest BCUT2D eigenvalue weighted by atomic mass is 9.66. The van der Waals surface area contributed by atoms with E-state index in [0.29, 0.717) is 12.3 Å². The van der Waals surface area contributed by atoms with Crippen LogP contribution in [0.25, 0.3) is 0 Å². The molecule has 1 rings (SSSR count). The highest BCUT2D eigenvalue weighted by molar-refractivity contribution is 5.97. The largest absolute Gasteiger partial charge is 0.295 e. The monoisotopic (exact) mass is 204 g/mol. The van der Waals surface area contributed by atoms with E-state index in [4.69, 9.17) is 0 Å². The summed E-state index contributed by atoms with van der Waals surface area (Å²) in [6.07, 6.45) is 6.35. The van der Waals surface area contributed by atoms with Gasteiger partial charge in [-0.25, -0.2) is 0 Å². The van der Waals surface area contributed by atoms with Crippen molar-refractivity contribution in [1.82, 2.24) is 0 Å². The van der Waals surface area contributed by atoms with Crippen LogP contribution in [0.4, 0.5) is 0 Å². The molecule has 1 atom stereocenters. The van der Waals surface area contributed by atoms with Crippen LogP contribution in [0.15, 0.2) is 36.0 Å². The average molecular weight is 204 g/mol. The van der Waals surface area contributed by atoms with E-state index in [1.54, 1.807) is 6.08 Å². The van der Waals surface area contributed by atoms with Gasteiger partial charge in [0.2, 0.25) is 0 Å². The number of carbonyl (C=O) groups excluding carboxylic acids is 1. The molecule has 0 aliphatic heterocycles. The molecule has 1 aliphatic rings. The summed E-state index contributed by atoms with van der Waals surface area (Å²) >= 11 is 0. The van der Waals surface area contributed by atoms with Crippen molar-refractivity contribution >= 4 is 5.78 Å². The predicted octanol–water partition coefficient (Wildman–Crippen LogP) is 3.68. The van der Waals surface area contributed by atoms with Gasteiger partial charge in [-0.15, -0.1) is 0 Å². The van der Waals surface area contributed by atoms with Gasteiger partial charge in [-0.1, -0.05) is 45.6 Å². The molecule has 0 amide bonds.